The van der Waals surface area contributed by atoms with Gasteiger partial charge in [0.05, 0.1) is 11.9 Å². The molecule has 0 unspecified atom stereocenters. The van der Waals surface area contributed by atoms with Gasteiger partial charge in [-0.2, -0.15) is 0 Å². The maximum atomic E-state index is 6.61. The Morgan fingerprint density at radius 1 is 1.18 bits per heavy atom. The van der Waals surface area contributed by atoms with Crippen LogP contribution >= 0.6 is 0 Å². The summed E-state index contributed by atoms with van der Waals surface area (Å²) in [4.78, 5) is 0. The predicted octanol–water partition coefficient (Wildman–Crippen LogP) is 5.90. The third-order valence-electron chi connectivity index (χ3n) is 6.63. The quantitative estimate of drug-likeness (QED) is 0.602. The molecule has 22 heavy (non-hydrogen) atoms. The molecule has 0 bridgehead atoms. The minimum Gasteiger partial charge on any atom is -0.547 e. The van der Waals surface area contributed by atoms with Crippen LogP contribution in [-0.4, -0.2) is 21.5 Å². The van der Waals surface area contributed by atoms with Gasteiger partial charge in [-0.3, -0.25) is 0 Å². The Morgan fingerprint density at radius 2 is 1.82 bits per heavy atom. The van der Waals surface area contributed by atoms with E-state index in [1.54, 1.807) is 0 Å². The second kappa shape index (κ2) is 6.31. The standard InChI is InChI=1S/C19H36O2Si/c1-18(2,3)22(6,7)21-16-12-13-19(4)15(14-16)10-8-9-11-17(19)20-5/h12,15,17H,8-11,13-14H2,1-7H3/t15-,17-,19+/m1/s1. The van der Waals surface area contributed by atoms with Gasteiger partial charge >= 0.3 is 0 Å². The Morgan fingerprint density at radius 3 is 2.41 bits per heavy atom. The average Bonchev–Trinajstić information content (AvgIpc) is 2.56. The van der Waals surface area contributed by atoms with Crippen molar-refractivity contribution in [2.24, 2.45) is 11.3 Å². The van der Waals surface area contributed by atoms with Crippen LogP contribution in [0.2, 0.25) is 18.1 Å². The van der Waals surface area contributed by atoms with E-state index < -0.39 is 8.32 Å². The first-order valence-electron chi connectivity index (χ1n) is 9.01. The normalized spacial score (nSPS) is 33.7. The topological polar surface area (TPSA) is 18.5 Å². The molecular weight excluding hydrogens is 288 g/mol. The van der Waals surface area contributed by atoms with E-state index in [2.05, 4.69) is 46.9 Å². The molecule has 2 rings (SSSR count). The Hall–Kier alpha value is -0.283. The molecule has 2 aliphatic rings. The Kier molecular flexibility index (Phi) is 5.18. The molecule has 0 spiro atoms. The van der Waals surface area contributed by atoms with Crippen molar-refractivity contribution in [1.29, 1.82) is 0 Å². The molecule has 0 heterocycles. The van der Waals surface area contributed by atoms with E-state index in [1.807, 2.05) is 7.11 Å². The van der Waals surface area contributed by atoms with Crippen LogP contribution in [0.3, 0.4) is 0 Å². The Labute approximate surface area is 138 Å². The summed E-state index contributed by atoms with van der Waals surface area (Å²) < 4.78 is 12.5. The summed E-state index contributed by atoms with van der Waals surface area (Å²) in [6, 6.07) is 0. The zero-order valence-electron chi connectivity index (χ0n) is 15.8. The second-order valence-electron chi connectivity index (χ2n) is 9.15. The molecule has 0 N–H and O–H groups in total. The Balaban J connectivity index is 2.16. The minimum absolute atomic E-state index is 0.271. The van der Waals surface area contributed by atoms with Crippen LogP contribution in [0.5, 0.6) is 0 Å². The summed E-state index contributed by atoms with van der Waals surface area (Å²) in [6.07, 6.45) is 10.2. The fourth-order valence-corrected chi connectivity index (χ4v) is 5.02. The lowest BCUT2D eigenvalue weighted by molar-refractivity contribution is -0.0415. The highest BCUT2D eigenvalue weighted by molar-refractivity contribution is 6.74. The zero-order chi connectivity index (χ0) is 16.6. The predicted molar refractivity (Wildman–Crippen MR) is 96.5 cm³/mol. The van der Waals surface area contributed by atoms with E-state index in [9.17, 15) is 0 Å². The zero-order valence-corrected chi connectivity index (χ0v) is 16.8. The number of hydrogen-bond acceptors (Lipinski definition) is 2. The lowest BCUT2D eigenvalue weighted by Gasteiger charge is -2.46. The van der Waals surface area contributed by atoms with Crippen molar-refractivity contribution in [3.05, 3.63) is 11.8 Å². The van der Waals surface area contributed by atoms with Crippen molar-refractivity contribution in [2.45, 2.75) is 90.5 Å². The van der Waals surface area contributed by atoms with E-state index in [1.165, 1.54) is 31.4 Å². The molecule has 3 atom stereocenters. The van der Waals surface area contributed by atoms with Crippen LogP contribution in [0.25, 0.3) is 0 Å². The van der Waals surface area contributed by atoms with E-state index in [0.29, 0.717) is 17.4 Å². The third-order valence-corrected chi connectivity index (χ3v) is 11.0. The molecule has 0 amide bonds. The van der Waals surface area contributed by atoms with E-state index in [4.69, 9.17) is 9.16 Å². The molecule has 0 aromatic heterocycles. The van der Waals surface area contributed by atoms with Crippen LogP contribution in [0.4, 0.5) is 0 Å². The minimum atomic E-state index is -1.71. The smallest absolute Gasteiger partial charge is 0.250 e. The highest BCUT2D eigenvalue weighted by Gasteiger charge is 2.46. The van der Waals surface area contributed by atoms with Gasteiger partial charge < -0.3 is 9.16 Å². The van der Waals surface area contributed by atoms with Crippen molar-refractivity contribution in [2.75, 3.05) is 7.11 Å². The van der Waals surface area contributed by atoms with Crippen LogP contribution < -0.4 is 0 Å². The van der Waals surface area contributed by atoms with E-state index in [-0.39, 0.29) is 5.04 Å². The highest BCUT2D eigenvalue weighted by Crippen LogP contribution is 2.50. The molecule has 0 aromatic rings. The second-order valence-corrected chi connectivity index (χ2v) is 13.9. The highest BCUT2D eigenvalue weighted by atomic mass is 28.4. The van der Waals surface area contributed by atoms with Gasteiger partial charge in [0.15, 0.2) is 0 Å². The van der Waals surface area contributed by atoms with Crippen molar-refractivity contribution in [1.82, 2.24) is 0 Å². The van der Waals surface area contributed by atoms with E-state index in [0.717, 1.165) is 12.8 Å². The lowest BCUT2D eigenvalue weighted by atomic mass is 9.65. The summed E-state index contributed by atoms with van der Waals surface area (Å²) >= 11 is 0. The number of rotatable bonds is 3. The van der Waals surface area contributed by atoms with Crippen molar-refractivity contribution < 1.29 is 9.16 Å². The van der Waals surface area contributed by atoms with Crippen LogP contribution in [0.1, 0.15) is 66.2 Å². The number of allylic oxidation sites excluding steroid dienone is 2. The van der Waals surface area contributed by atoms with Gasteiger partial charge in [0, 0.05) is 18.9 Å². The molecule has 3 heteroatoms. The SMILES string of the molecule is CO[C@@H]1CCCC[C@@H]2CC(O[Si](C)(C)C(C)(C)C)=CC[C@@]21C. The van der Waals surface area contributed by atoms with Crippen LogP contribution in [-0.2, 0) is 9.16 Å². The molecular formula is C19H36O2Si. The summed E-state index contributed by atoms with van der Waals surface area (Å²) in [7, 11) is 0.182. The van der Waals surface area contributed by atoms with Gasteiger partial charge in [0.25, 0.3) is 0 Å². The first-order chi connectivity index (χ1) is 10.1. The molecule has 0 saturated heterocycles. The fourth-order valence-electron chi connectivity index (χ4n) is 3.89. The Bertz CT molecular complexity index is 422. The van der Waals surface area contributed by atoms with Crippen molar-refractivity contribution >= 4 is 8.32 Å². The first kappa shape index (κ1) is 18.1. The van der Waals surface area contributed by atoms with Gasteiger partial charge in [-0.15, -0.1) is 0 Å². The summed E-state index contributed by atoms with van der Waals surface area (Å²) in [5.41, 5.74) is 0.297. The first-order valence-corrected chi connectivity index (χ1v) is 11.9. The van der Waals surface area contributed by atoms with Gasteiger partial charge in [0.1, 0.15) is 0 Å². The maximum Gasteiger partial charge on any atom is 0.250 e. The monoisotopic (exact) mass is 324 g/mol. The average molecular weight is 325 g/mol. The van der Waals surface area contributed by atoms with Gasteiger partial charge in [-0.05, 0) is 49.4 Å². The fraction of sp³-hybridized carbons (Fsp3) is 0.895. The van der Waals surface area contributed by atoms with Gasteiger partial charge in [0.2, 0.25) is 8.32 Å². The third kappa shape index (κ3) is 3.45. The number of fused-ring (bicyclic) bond motifs is 1. The molecule has 1 fully saturated rings. The van der Waals surface area contributed by atoms with Gasteiger partial charge in [-0.1, -0.05) is 40.5 Å². The largest absolute Gasteiger partial charge is 0.547 e. The molecule has 0 radical (unpaired) electrons. The maximum absolute atomic E-state index is 6.61. The number of ether oxygens (including phenoxy) is 1. The van der Waals surface area contributed by atoms with Crippen molar-refractivity contribution in [3.63, 3.8) is 0 Å². The molecule has 2 nitrogen and oxygen atoms in total. The molecule has 1 saturated carbocycles. The lowest BCUT2D eigenvalue weighted by Crippen LogP contribution is -2.44. The van der Waals surface area contributed by atoms with Crippen molar-refractivity contribution in [3.8, 4) is 0 Å². The van der Waals surface area contributed by atoms with Crippen LogP contribution in [0.15, 0.2) is 11.8 Å². The van der Waals surface area contributed by atoms with Gasteiger partial charge in [-0.25, -0.2) is 0 Å². The molecule has 2 aliphatic carbocycles. The molecule has 0 aliphatic heterocycles. The van der Waals surface area contributed by atoms with Crippen LogP contribution in [0, 0.1) is 11.3 Å². The number of hydrogen-bond donors (Lipinski definition) is 0. The summed E-state index contributed by atoms with van der Waals surface area (Å²) in [5.74, 6) is 1.98. The van der Waals surface area contributed by atoms with E-state index >= 15 is 0 Å². The summed E-state index contributed by atoms with van der Waals surface area (Å²) in [6.45, 7) is 14.1. The summed E-state index contributed by atoms with van der Waals surface area (Å²) in [5, 5.41) is 0.271. The molecule has 128 valence electrons. The number of methoxy groups -OCH3 is 1. The molecule has 0 aromatic carbocycles.